The quantitative estimate of drug-likeness (QED) is 0.0200. The van der Waals surface area contributed by atoms with Gasteiger partial charge in [-0.3, -0.25) is 9.36 Å². The van der Waals surface area contributed by atoms with Gasteiger partial charge in [0.05, 0.1) is 34.4 Å². The first-order valence-corrected chi connectivity index (χ1v) is 23.9. The normalized spacial score (nSPS) is 13.8. The molecular weight excluding hydrogens is 685 g/mol. The van der Waals surface area contributed by atoms with Gasteiger partial charge in [-0.05, 0) is 38.5 Å². The number of nitrogens with zero attached hydrogens (tertiary/aromatic N) is 1. The maximum Gasteiger partial charge on any atom is 0.306 e. The third-order valence-electron chi connectivity index (χ3n) is 9.82. The van der Waals surface area contributed by atoms with E-state index in [0.717, 1.165) is 44.9 Å². The summed E-state index contributed by atoms with van der Waals surface area (Å²) >= 11 is 0. The Morgan fingerprint density at radius 2 is 0.981 bits per heavy atom. The minimum atomic E-state index is -4.50. The number of phosphoric acid groups is 1. The molecule has 0 amide bonds. The molecule has 0 fully saturated rings. The van der Waals surface area contributed by atoms with Crippen molar-refractivity contribution in [3.05, 3.63) is 12.2 Å². The van der Waals surface area contributed by atoms with Gasteiger partial charge in [-0.2, -0.15) is 0 Å². The van der Waals surface area contributed by atoms with Crippen LogP contribution in [0, 0.1) is 0 Å². The molecule has 0 heterocycles. The zero-order valence-corrected chi connectivity index (χ0v) is 36.6. The van der Waals surface area contributed by atoms with Gasteiger partial charge in [0.15, 0.2) is 0 Å². The van der Waals surface area contributed by atoms with Crippen molar-refractivity contribution >= 4 is 13.8 Å². The highest BCUT2D eigenvalue weighted by molar-refractivity contribution is 7.45. The van der Waals surface area contributed by atoms with E-state index in [1.165, 1.54) is 141 Å². The molecule has 2 atom stereocenters. The number of allylic oxidation sites excluding steroid dienone is 2. The highest BCUT2D eigenvalue weighted by Gasteiger charge is 2.20. The van der Waals surface area contributed by atoms with Crippen molar-refractivity contribution in [2.24, 2.45) is 0 Å². The number of ether oxygens (including phenoxy) is 2. The van der Waals surface area contributed by atoms with E-state index in [0.29, 0.717) is 24.1 Å². The first kappa shape index (κ1) is 52.2. The Balaban J connectivity index is 3.84. The van der Waals surface area contributed by atoms with Crippen molar-refractivity contribution < 1.29 is 37.3 Å². The number of quaternary nitrogens is 1. The Kier molecular flexibility index (Phi) is 37.6. The Hall–Kier alpha value is -0.760. The number of hydrogen-bond donors (Lipinski definition) is 0. The van der Waals surface area contributed by atoms with Gasteiger partial charge in [-0.15, -0.1) is 0 Å². The summed E-state index contributed by atoms with van der Waals surface area (Å²) in [6, 6.07) is 0. The third kappa shape index (κ3) is 42.2. The van der Waals surface area contributed by atoms with E-state index in [1.807, 2.05) is 21.1 Å². The van der Waals surface area contributed by atoms with Crippen LogP contribution < -0.4 is 4.89 Å². The lowest BCUT2D eigenvalue weighted by Crippen LogP contribution is -2.37. The number of phosphoric ester groups is 1. The van der Waals surface area contributed by atoms with E-state index in [-0.39, 0.29) is 25.8 Å². The fraction of sp³-hybridized carbons (Fsp3) is 0.932. The molecule has 0 aliphatic carbocycles. The van der Waals surface area contributed by atoms with Crippen LogP contribution in [0.15, 0.2) is 12.2 Å². The van der Waals surface area contributed by atoms with Gasteiger partial charge in [0.1, 0.15) is 19.3 Å². The van der Waals surface area contributed by atoms with Crippen LogP contribution in [0.25, 0.3) is 0 Å². The monoisotopic (exact) mass is 774 g/mol. The van der Waals surface area contributed by atoms with E-state index in [4.69, 9.17) is 18.5 Å². The van der Waals surface area contributed by atoms with Crippen molar-refractivity contribution in [1.29, 1.82) is 0 Å². The molecule has 0 bridgehead atoms. The summed E-state index contributed by atoms with van der Waals surface area (Å²) in [6.07, 6.45) is 41.4. The minimum absolute atomic E-state index is 0.0288. The highest BCUT2D eigenvalue weighted by Crippen LogP contribution is 2.38. The lowest BCUT2D eigenvalue weighted by molar-refractivity contribution is -0.870. The number of carbonyl (C=O) groups excluding carboxylic acids is 1. The Bertz CT molecular complexity index is 863. The average Bonchev–Trinajstić information content (AvgIpc) is 3.11. The molecule has 0 aromatic carbocycles. The molecule has 0 saturated carbocycles. The SMILES string of the molecule is CCCCCCCCCC/C=C\CCCCCCCCCCCCCCCCOCC(COP(=O)([O-])OCC[N+](C)(C)C)OC(=O)CCCCCCC. The first-order valence-electron chi connectivity index (χ1n) is 22.4. The van der Waals surface area contributed by atoms with Crippen LogP contribution in [0.1, 0.15) is 206 Å². The van der Waals surface area contributed by atoms with Gasteiger partial charge in [-0.1, -0.05) is 174 Å². The van der Waals surface area contributed by atoms with E-state index in [1.54, 1.807) is 0 Å². The Morgan fingerprint density at radius 3 is 1.43 bits per heavy atom. The molecule has 53 heavy (non-hydrogen) atoms. The van der Waals surface area contributed by atoms with Gasteiger partial charge in [0.25, 0.3) is 7.82 Å². The molecule has 0 radical (unpaired) electrons. The third-order valence-corrected chi connectivity index (χ3v) is 10.8. The van der Waals surface area contributed by atoms with Crippen LogP contribution in [0.2, 0.25) is 0 Å². The van der Waals surface area contributed by atoms with Gasteiger partial charge in [0.2, 0.25) is 0 Å². The Labute approximate surface area is 329 Å². The van der Waals surface area contributed by atoms with Crippen molar-refractivity contribution in [1.82, 2.24) is 0 Å². The molecule has 0 N–H and O–H groups in total. The van der Waals surface area contributed by atoms with Crippen LogP contribution in [0.4, 0.5) is 0 Å². The largest absolute Gasteiger partial charge is 0.756 e. The van der Waals surface area contributed by atoms with Gasteiger partial charge >= 0.3 is 5.97 Å². The van der Waals surface area contributed by atoms with E-state index in [9.17, 15) is 14.3 Å². The summed E-state index contributed by atoms with van der Waals surface area (Å²) in [5, 5.41) is 0. The molecular formula is C44H88NO7P. The zero-order valence-electron chi connectivity index (χ0n) is 35.7. The molecule has 0 spiro atoms. The maximum absolute atomic E-state index is 12.4. The van der Waals surface area contributed by atoms with Gasteiger partial charge in [0, 0.05) is 13.0 Å². The minimum Gasteiger partial charge on any atom is -0.756 e. The molecule has 0 aliphatic heterocycles. The second-order valence-electron chi connectivity index (χ2n) is 16.4. The van der Waals surface area contributed by atoms with Crippen molar-refractivity contribution in [2.75, 3.05) is 54.1 Å². The topological polar surface area (TPSA) is 94.1 Å². The number of esters is 1. The van der Waals surface area contributed by atoms with Crippen molar-refractivity contribution in [2.45, 2.75) is 213 Å². The van der Waals surface area contributed by atoms with E-state index >= 15 is 0 Å². The van der Waals surface area contributed by atoms with Crippen LogP contribution in [0.5, 0.6) is 0 Å². The average molecular weight is 774 g/mol. The summed E-state index contributed by atoms with van der Waals surface area (Å²) in [4.78, 5) is 24.7. The highest BCUT2D eigenvalue weighted by atomic mass is 31.2. The lowest BCUT2D eigenvalue weighted by atomic mass is 10.0. The van der Waals surface area contributed by atoms with Crippen LogP contribution in [-0.2, 0) is 27.9 Å². The summed E-state index contributed by atoms with van der Waals surface area (Å²) in [7, 11) is 1.36. The second kappa shape index (κ2) is 38.1. The van der Waals surface area contributed by atoms with Crippen LogP contribution in [0.3, 0.4) is 0 Å². The Morgan fingerprint density at radius 1 is 0.566 bits per heavy atom. The first-order chi connectivity index (χ1) is 25.6. The number of hydrogen-bond acceptors (Lipinski definition) is 7. The van der Waals surface area contributed by atoms with E-state index in [2.05, 4.69) is 26.0 Å². The fourth-order valence-electron chi connectivity index (χ4n) is 6.31. The second-order valence-corrected chi connectivity index (χ2v) is 17.8. The summed E-state index contributed by atoms with van der Waals surface area (Å²) in [5.74, 6) is -0.344. The predicted molar refractivity (Wildman–Crippen MR) is 222 cm³/mol. The van der Waals surface area contributed by atoms with Crippen LogP contribution in [-0.4, -0.2) is 70.7 Å². The molecule has 2 unspecified atom stereocenters. The number of likely N-dealkylation sites (N-methyl/N-ethyl adjacent to an activating group) is 1. The summed E-state index contributed by atoms with van der Waals surface area (Å²) in [6.45, 7) is 5.35. The van der Waals surface area contributed by atoms with Crippen LogP contribution >= 0.6 is 7.82 Å². The number of carbonyl (C=O) groups is 1. The molecule has 0 rings (SSSR count). The molecule has 0 aromatic heterocycles. The molecule has 316 valence electrons. The van der Waals surface area contributed by atoms with E-state index < -0.39 is 13.9 Å². The summed E-state index contributed by atoms with van der Waals surface area (Å²) in [5.41, 5.74) is 0. The smallest absolute Gasteiger partial charge is 0.306 e. The molecule has 0 saturated heterocycles. The standard InChI is InChI=1S/C44H88NO7P/c1-6-8-10-12-13-14-15-16-17-18-19-20-21-22-23-24-25-26-27-28-29-30-31-32-34-36-39-49-41-43(52-44(46)37-35-33-11-9-7-2)42-51-53(47,48)50-40-38-45(3,4)5/h18-19,43H,6-17,20-42H2,1-5H3/b19-18-. The van der Waals surface area contributed by atoms with Crippen molar-refractivity contribution in [3.8, 4) is 0 Å². The predicted octanol–water partition coefficient (Wildman–Crippen LogP) is 12.4. The molecule has 9 heteroatoms. The van der Waals surface area contributed by atoms with Gasteiger partial charge < -0.3 is 27.9 Å². The summed E-state index contributed by atoms with van der Waals surface area (Å²) < 4.78 is 34.3. The maximum atomic E-state index is 12.4. The molecule has 0 aromatic rings. The molecule has 8 nitrogen and oxygen atoms in total. The fourth-order valence-corrected chi connectivity index (χ4v) is 7.03. The lowest BCUT2D eigenvalue weighted by Gasteiger charge is -2.28. The van der Waals surface area contributed by atoms with Crippen molar-refractivity contribution in [3.63, 3.8) is 0 Å². The number of rotatable bonds is 42. The zero-order chi connectivity index (χ0) is 39.1. The number of unbranched alkanes of at least 4 members (excludes halogenated alkanes) is 26. The molecule has 0 aliphatic rings. The van der Waals surface area contributed by atoms with Gasteiger partial charge in [-0.25, -0.2) is 0 Å².